The lowest BCUT2D eigenvalue weighted by atomic mass is 10.1. The van der Waals surface area contributed by atoms with Crippen molar-refractivity contribution >= 4 is 5.97 Å². The minimum atomic E-state index is -0.421. The number of rotatable bonds is 5. The number of aromatic nitrogens is 2. The molecule has 1 aromatic rings. The zero-order valence-electron chi connectivity index (χ0n) is 13.6. The molecular formula is C16H27N3O2. The van der Waals surface area contributed by atoms with Crippen LogP contribution in [0.1, 0.15) is 52.7 Å². The van der Waals surface area contributed by atoms with Gasteiger partial charge in [0.1, 0.15) is 11.6 Å². The van der Waals surface area contributed by atoms with Crippen LogP contribution in [-0.4, -0.2) is 38.6 Å². The minimum absolute atomic E-state index is 0.0958. The molecular weight excluding hydrogens is 266 g/mol. The molecule has 118 valence electrons. The Morgan fingerprint density at radius 2 is 2.24 bits per heavy atom. The Kier molecular flexibility index (Phi) is 5.04. The van der Waals surface area contributed by atoms with Gasteiger partial charge in [0.25, 0.3) is 0 Å². The van der Waals surface area contributed by atoms with Crippen molar-refractivity contribution < 1.29 is 9.53 Å². The van der Waals surface area contributed by atoms with Crippen LogP contribution in [0, 0.1) is 0 Å². The number of aryl methyl sites for hydroxylation is 1. The molecule has 2 rings (SSSR count). The van der Waals surface area contributed by atoms with E-state index >= 15 is 0 Å². The normalized spacial score (nSPS) is 19.9. The second-order valence-corrected chi connectivity index (χ2v) is 6.74. The van der Waals surface area contributed by atoms with Gasteiger partial charge in [-0.3, -0.25) is 9.69 Å². The SMILES string of the molecule is CCCn1cncc1CN1CCC[C@H]1C(=O)OC(C)(C)C. The molecule has 0 aromatic carbocycles. The van der Waals surface area contributed by atoms with Crippen LogP contribution in [0.25, 0.3) is 0 Å². The van der Waals surface area contributed by atoms with Crippen molar-refractivity contribution in [1.29, 1.82) is 0 Å². The van der Waals surface area contributed by atoms with Gasteiger partial charge in [-0.15, -0.1) is 0 Å². The van der Waals surface area contributed by atoms with E-state index in [0.717, 1.165) is 38.9 Å². The second-order valence-electron chi connectivity index (χ2n) is 6.74. The Hall–Kier alpha value is -1.36. The molecule has 5 nitrogen and oxygen atoms in total. The molecule has 5 heteroatoms. The summed E-state index contributed by atoms with van der Waals surface area (Å²) in [7, 11) is 0. The summed E-state index contributed by atoms with van der Waals surface area (Å²) in [6, 6.07) is -0.116. The highest BCUT2D eigenvalue weighted by Gasteiger charge is 2.34. The summed E-state index contributed by atoms with van der Waals surface area (Å²) in [4.78, 5) is 18.8. The molecule has 0 spiro atoms. The number of hydrogen-bond donors (Lipinski definition) is 0. The molecule has 0 unspecified atom stereocenters. The molecule has 21 heavy (non-hydrogen) atoms. The predicted octanol–water partition coefficient (Wildman–Crippen LogP) is 2.60. The van der Waals surface area contributed by atoms with Gasteiger partial charge in [-0.05, 0) is 46.6 Å². The highest BCUT2D eigenvalue weighted by atomic mass is 16.6. The van der Waals surface area contributed by atoms with Gasteiger partial charge >= 0.3 is 5.97 Å². The lowest BCUT2D eigenvalue weighted by Gasteiger charge is -2.27. The van der Waals surface area contributed by atoms with Crippen molar-refractivity contribution in [2.75, 3.05) is 6.54 Å². The number of esters is 1. The van der Waals surface area contributed by atoms with E-state index in [9.17, 15) is 4.79 Å². The maximum absolute atomic E-state index is 12.3. The highest BCUT2D eigenvalue weighted by molar-refractivity contribution is 5.76. The fraction of sp³-hybridized carbons (Fsp3) is 0.750. The molecule has 2 heterocycles. The lowest BCUT2D eigenvalue weighted by Crippen LogP contribution is -2.40. The average molecular weight is 293 g/mol. The number of ether oxygens (including phenoxy) is 1. The molecule has 0 amide bonds. The Bertz CT molecular complexity index is 476. The zero-order valence-corrected chi connectivity index (χ0v) is 13.6. The first-order chi connectivity index (χ1) is 9.90. The molecule has 1 fully saturated rings. The summed E-state index contributed by atoms with van der Waals surface area (Å²) in [5.41, 5.74) is 0.752. The smallest absolute Gasteiger partial charge is 0.323 e. The van der Waals surface area contributed by atoms with Gasteiger partial charge in [-0.1, -0.05) is 6.92 Å². The first-order valence-electron chi connectivity index (χ1n) is 7.86. The van der Waals surface area contributed by atoms with Crippen molar-refractivity contribution in [3.63, 3.8) is 0 Å². The topological polar surface area (TPSA) is 47.4 Å². The summed E-state index contributed by atoms with van der Waals surface area (Å²) in [6.45, 7) is 10.6. The van der Waals surface area contributed by atoms with Crippen molar-refractivity contribution in [3.8, 4) is 0 Å². The molecule has 1 aromatic heterocycles. The number of carbonyl (C=O) groups is 1. The second kappa shape index (κ2) is 6.60. The van der Waals surface area contributed by atoms with Crippen molar-refractivity contribution in [3.05, 3.63) is 18.2 Å². The minimum Gasteiger partial charge on any atom is -0.459 e. The summed E-state index contributed by atoms with van der Waals surface area (Å²) in [6.07, 6.45) is 6.79. The number of hydrogen-bond acceptors (Lipinski definition) is 4. The largest absolute Gasteiger partial charge is 0.459 e. The third-order valence-electron chi connectivity index (χ3n) is 3.67. The molecule has 1 atom stereocenters. The van der Waals surface area contributed by atoms with E-state index in [1.807, 2.05) is 33.3 Å². The van der Waals surface area contributed by atoms with Gasteiger partial charge in [0, 0.05) is 19.3 Å². The highest BCUT2D eigenvalue weighted by Crippen LogP contribution is 2.23. The van der Waals surface area contributed by atoms with Gasteiger partial charge in [-0.2, -0.15) is 0 Å². The van der Waals surface area contributed by atoms with Crippen LogP contribution in [0.2, 0.25) is 0 Å². The number of nitrogens with zero attached hydrogens (tertiary/aromatic N) is 3. The summed E-state index contributed by atoms with van der Waals surface area (Å²) < 4.78 is 7.72. The maximum Gasteiger partial charge on any atom is 0.323 e. The molecule has 0 N–H and O–H groups in total. The number of imidazole rings is 1. The number of likely N-dealkylation sites (tertiary alicyclic amines) is 1. The Labute approximate surface area is 127 Å². The average Bonchev–Trinajstić information content (AvgIpc) is 2.98. The van der Waals surface area contributed by atoms with E-state index in [1.165, 1.54) is 5.69 Å². The van der Waals surface area contributed by atoms with Crippen molar-refractivity contribution in [2.45, 2.75) is 71.7 Å². The van der Waals surface area contributed by atoms with E-state index in [-0.39, 0.29) is 12.0 Å². The third-order valence-corrected chi connectivity index (χ3v) is 3.67. The molecule has 0 radical (unpaired) electrons. The zero-order chi connectivity index (χ0) is 15.5. The van der Waals surface area contributed by atoms with Gasteiger partial charge in [0.2, 0.25) is 0 Å². The van der Waals surface area contributed by atoms with Gasteiger partial charge in [0.15, 0.2) is 0 Å². The van der Waals surface area contributed by atoms with E-state index in [2.05, 4.69) is 21.4 Å². The molecule has 0 bridgehead atoms. The fourth-order valence-corrected chi connectivity index (χ4v) is 2.78. The van der Waals surface area contributed by atoms with Gasteiger partial charge in [0.05, 0.1) is 12.0 Å². The van der Waals surface area contributed by atoms with Gasteiger partial charge in [-0.25, -0.2) is 4.98 Å². The maximum atomic E-state index is 12.3. The monoisotopic (exact) mass is 293 g/mol. The first-order valence-corrected chi connectivity index (χ1v) is 7.86. The molecule has 0 saturated carbocycles. The predicted molar refractivity (Wildman–Crippen MR) is 81.8 cm³/mol. The molecule has 1 saturated heterocycles. The van der Waals surface area contributed by atoms with Crippen molar-refractivity contribution in [1.82, 2.24) is 14.5 Å². The number of carbonyl (C=O) groups excluding carboxylic acids is 1. The van der Waals surface area contributed by atoms with Crippen LogP contribution in [0.4, 0.5) is 0 Å². The first kappa shape index (κ1) is 16.0. The van der Waals surface area contributed by atoms with Crippen LogP contribution in [-0.2, 0) is 22.6 Å². The Morgan fingerprint density at radius 1 is 1.48 bits per heavy atom. The van der Waals surface area contributed by atoms with Crippen LogP contribution in [0.15, 0.2) is 12.5 Å². The van der Waals surface area contributed by atoms with Gasteiger partial charge < -0.3 is 9.30 Å². The Morgan fingerprint density at radius 3 is 2.90 bits per heavy atom. The van der Waals surface area contributed by atoms with E-state index in [1.54, 1.807) is 0 Å². The van der Waals surface area contributed by atoms with E-state index in [0.29, 0.717) is 0 Å². The summed E-state index contributed by atoms with van der Waals surface area (Å²) >= 11 is 0. The lowest BCUT2D eigenvalue weighted by molar-refractivity contribution is -0.160. The van der Waals surface area contributed by atoms with Crippen LogP contribution >= 0.6 is 0 Å². The van der Waals surface area contributed by atoms with Crippen LogP contribution in [0.5, 0.6) is 0 Å². The molecule has 0 aliphatic carbocycles. The standard InChI is InChI=1S/C16H27N3O2/c1-5-8-19-12-17-10-13(19)11-18-9-6-7-14(18)15(20)21-16(2,3)4/h10,12,14H,5-9,11H2,1-4H3/t14-/m0/s1. The third kappa shape index (κ3) is 4.30. The van der Waals surface area contributed by atoms with Crippen LogP contribution in [0.3, 0.4) is 0 Å². The fourth-order valence-electron chi connectivity index (χ4n) is 2.78. The Balaban J connectivity index is 2.01. The van der Waals surface area contributed by atoms with E-state index < -0.39 is 5.60 Å². The summed E-state index contributed by atoms with van der Waals surface area (Å²) in [5.74, 6) is -0.0958. The van der Waals surface area contributed by atoms with E-state index in [4.69, 9.17) is 4.74 Å². The molecule has 1 aliphatic heterocycles. The van der Waals surface area contributed by atoms with Crippen LogP contribution < -0.4 is 0 Å². The summed E-state index contributed by atoms with van der Waals surface area (Å²) in [5, 5.41) is 0. The van der Waals surface area contributed by atoms with Crippen molar-refractivity contribution in [2.24, 2.45) is 0 Å². The quantitative estimate of drug-likeness (QED) is 0.783. The molecule has 1 aliphatic rings.